The van der Waals surface area contributed by atoms with Gasteiger partial charge in [0, 0.05) is 25.4 Å². The van der Waals surface area contributed by atoms with Gasteiger partial charge in [0.05, 0.1) is 0 Å². The largest absolute Gasteiger partial charge is 0.373 e. The maximum Gasteiger partial charge on any atom is 0.251 e. The molecule has 0 saturated heterocycles. The third-order valence-corrected chi connectivity index (χ3v) is 3.87. The Morgan fingerprint density at radius 3 is 3.05 bits per heavy atom. The van der Waals surface area contributed by atoms with Gasteiger partial charge in [-0.25, -0.2) is 4.98 Å². The van der Waals surface area contributed by atoms with Gasteiger partial charge < -0.3 is 10.6 Å². The molecule has 1 heterocycles. The van der Waals surface area contributed by atoms with Crippen LogP contribution in [-0.2, 0) is 0 Å². The first-order chi connectivity index (χ1) is 9.19. The van der Waals surface area contributed by atoms with Crippen molar-refractivity contribution in [2.24, 2.45) is 11.8 Å². The van der Waals surface area contributed by atoms with E-state index in [2.05, 4.69) is 22.5 Å². The van der Waals surface area contributed by atoms with Crippen molar-refractivity contribution in [1.82, 2.24) is 10.3 Å². The number of amides is 1. The molecule has 1 saturated carbocycles. The number of pyridine rings is 1. The van der Waals surface area contributed by atoms with Gasteiger partial charge in [0.2, 0.25) is 0 Å². The molecular weight excluding hydrogens is 238 g/mol. The monoisotopic (exact) mass is 261 g/mol. The first-order valence-corrected chi connectivity index (χ1v) is 7.11. The van der Waals surface area contributed by atoms with Crippen molar-refractivity contribution in [2.75, 3.05) is 18.9 Å². The molecule has 104 valence electrons. The van der Waals surface area contributed by atoms with Crippen LogP contribution >= 0.6 is 0 Å². The zero-order valence-electron chi connectivity index (χ0n) is 11.8. The summed E-state index contributed by atoms with van der Waals surface area (Å²) in [4.78, 5) is 16.2. The van der Waals surface area contributed by atoms with Crippen molar-refractivity contribution in [3.05, 3.63) is 23.9 Å². The van der Waals surface area contributed by atoms with Crippen LogP contribution in [0.25, 0.3) is 0 Å². The molecule has 1 amide bonds. The van der Waals surface area contributed by atoms with Crippen molar-refractivity contribution in [3.8, 4) is 0 Å². The fourth-order valence-electron chi connectivity index (χ4n) is 2.79. The quantitative estimate of drug-likeness (QED) is 0.876. The standard InChI is InChI=1S/C15H23N3O/c1-11-4-3-5-12(8-11)10-18-15(19)13-6-7-17-14(9-13)16-2/h6-7,9,11-12H,3-5,8,10H2,1-2H3,(H,16,17)(H,18,19). The predicted molar refractivity (Wildman–Crippen MR) is 77.2 cm³/mol. The minimum atomic E-state index is -0.00266. The molecule has 4 nitrogen and oxygen atoms in total. The van der Waals surface area contributed by atoms with Crippen LogP contribution in [0.4, 0.5) is 5.82 Å². The van der Waals surface area contributed by atoms with Crippen molar-refractivity contribution < 1.29 is 4.79 Å². The molecule has 1 aromatic rings. The summed E-state index contributed by atoms with van der Waals surface area (Å²) in [5.41, 5.74) is 0.670. The van der Waals surface area contributed by atoms with Gasteiger partial charge in [-0.15, -0.1) is 0 Å². The summed E-state index contributed by atoms with van der Waals surface area (Å²) in [5.74, 6) is 2.15. The topological polar surface area (TPSA) is 54.0 Å². The number of hydrogen-bond acceptors (Lipinski definition) is 3. The summed E-state index contributed by atoms with van der Waals surface area (Å²) < 4.78 is 0. The van der Waals surface area contributed by atoms with E-state index in [1.165, 1.54) is 25.7 Å². The minimum absolute atomic E-state index is 0.00266. The molecule has 2 unspecified atom stereocenters. The number of nitrogens with zero attached hydrogens (tertiary/aromatic N) is 1. The van der Waals surface area contributed by atoms with Gasteiger partial charge >= 0.3 is 0 Å². The molecule has 2 N–H and O–H groups in total. The number of anilines is 1. The predicted octanol–water partition coefficient (Wildman–Crippen LogP) is 2.68. The van der Waals surface area contributed by atoms with Crippen molar-refractivity contribution in [3.63, 3.8) is 0 Å². The highest BCUT2D eigenvalue weighted by atomic mass is 16.1. The Kier molecular flexibility index (Phi) is 4.77. The maximum absolute atomic E-state index is 12.1. The van der Waals surface area contributed by atoms with Gasteiger partial charge in [-0.05, 0) is 36.8 Å². The van der Waals surface area contributed by atoms with Crippen LogP contribution < -0.4 is 10.6 Å². The average Bonchev–Trinajstić information content (AvgIpc) is 2.45. The first-order valence-electron chi connectivity index (χ1n) is 7.11. The van der Waals surface area contributed by atoms with E-state index in [-0.39, 0.29) is 5.91 Å². The van der Waals surface area contributed by atoms with E-state index in [0.717, 1.165) is 18.3 Å². The van der Waals surface area contributed by atoms with Crippen LogP contribution in [0.3, 0.4) is 0 Å². The molecule has 0 radical (unpaired) electrons. The minimum Gasteiger partial charge on any atom is -0.373 e. The smallest absolute Gasteiger partial charge is 0.251 e. The highest BCUT2D eigenvalue weighted by Gasteiger charge is 2.19. The molecule has 2 rings (SSSR count). The molecule has 0 spiro atoms. The fraction of sp³-hybridized carbons (Fsp3) is 0.600. The number of nitrogens with one attached hydrogen (secondary N) is 2. The van der Waals surface area contributed by atoms with Crippen LogP contribution in [0, 0.1) is 11.8 Å². The van der Waals surface area contributed by atoms with E-state index in [0.29, 0.717) is 11.5 Å². The van der Waals surface area contributed by atoms with Crippen molar-refractivity contribution in [2.45, 2.75) is 32.6 Å². The maximum atomic E-state index is 12.1. The Morgan fingerprint density at radius 2 is 2.32 bits per heavy atom. The van der Waals surface area contributed by atoms with Gasteiger partial charge in [-0.2, -0.15) is 0 Å². The second-order valence-electron chi connectivity index (χ2n) is 5.53. The van der Waals surface area contributed by atoms with Gasteiger partial charge in [-0.1, -0.05) is 19.8 Å². The Morgan fingerprint density at radius 1 is 1.47 bits per heavy atom. The summed E-state index contributed by atoms with van der Waals surface area (Å²) >= 11 is 0. The van der Waals surface area contributed by atoms with E-state index in [9.17, 15) is 4.79 Å². The zero-order valence-corrected chi connectivity index (χ0v) is 11.8. The molecular formula is C15H23N3O. The highest BCUT2D eigenvalue weighted by molar-refractivity contribution is 5.94. The van der Waals surface area contributed by atoms with Crippen molar-refractivity contribution >= 4 is 11.7 Å². The number of carbonyl (C=O) groups is 1. The summed E-state index contributed by atoms with van der Waals surface area (Å²) in [6, 6.07) is 3.53. The summed E-state index contributed by atoms with van der Waals surface area (Å²) in [6.07, 6.45) is 6.76. The van der Waals surface area contributed by atoms with E-state index in [4.69, 9.17) is 0 Å². The lowest BCUT2D eigenvalue weighted by atomic mass is 9.82. The van der Waals surface area contributed by atoms with Gasteiger partial charge in [0.25, 0.3) is 5.91 Å². The second kappa shape index (κ2) is 6.55. The SMILES string of the molecule is CNc1cc(C(=O)NCC2CCCC(C)C2)ccn1. The number of aromatic nitrogens is 1. The number of carbonyl (C=O) groups excluding carboxylic acids is 1. The van der Waals surface area contributed by atoms with Crippen LogP contribution in [0.15, 0.2) is 18.3 Å². The van der Waals surface area contributed by atoms with E-state index in [1.807, 2.05) is 0 Å². The normalized spacial score (nSPS) is 22.8. The van der Waals surface area contributed by atoms with Crippen LogP contribution in [0.1, 0.15) is 43.0 Å². The van der Waals surface area contributed by atoms with Crippen molar-refractivity contribution in [1.29, 1.82) is 0 Å². The zero-order chi connectivity index (χ0) is 13.7. The summed E-state index contributed by atoms with van der Waals surface area (Å²) in [6.45, 7) is 3.09. The molecule has 1 aliphatic rings. The Bertz CT molecular complexity index is 433. The van der Waals surface area contributed by atoms with Gasteiger partial charge in [0.15, 0.2) is 0 Å². The van der Waals surface area contributed by atoms with E-state index in [1.54, 1.807) is 25.4 Å². The molecule has 4 heteroatoms. The van der Waals surface area contributed by atoms with E-state index < -0.39 is 0 Å². The third-order valence-electron chi connectivity index (χ3n) is 3.87. The van der Waals surface area contributed by atoms with Gasteiger partial charge in [-0.3, -0.25) is 4.79 Å². The fourth-order valence-corrected chi connectivity index (χ4v) is 2.79. The first kappa shape index (κ1) is 13.8. The molecule has 19 heavy (non-hydrogen) atoms. The average molecular weight is 261 g/mol. The highest BCUT2D eigenvalue weighted by Crippen LogP contribution is 2.27. The second-order valence-corrected chi connectivity index (χ2v) is 5.53. The lowest BCUT2D eigenvalue weighted by Crippen LogP contribution is -2.31. The van der Waals surface area contributed by atoms with Crippen LogP contribution in [-0.4, -0.2) is 24.5 Å². The number of hydrogen-bond donors (Lipinski definition) is 2. The molecule has 1 fully saturated rings. The summed E-state index contributed by atoms with van der Waals surface area (Å²) in [7, 11) is 1.80. The molecule has 1 aliphatic carbocycles. The van der Waals surface area contributed by atoms with Crippen LogP contribution in [0.2, 0.25) is 0 Å². The number of rotatable bonds is 4. The Balaban J connectivity index is 1.86. The van der Waals surface area contributed by atoms with Crippen LogP contribution in [0.5, 0.6) is 0 Å². The lowest BCUT2D eigenvalue weighted by Gasteiger charge is -2.26. The molecule has 0 bridgehead atoms. The Hall–Kier alpha value is -1.58. The molecule has 0 aliphatic heterocycles. The molecule has 2 atom stereocenters. The van der Waals surface area contributed by atoms with Gasteiger partial charge in [0.1, 0.15) is 5.82 Å². The lowest BCUT2D eigenvalue weighted by molar-refractivity contribution is 0.0940. The molecule has 1 aromatic heterocycles. The summed E-state index contributed by atoms with van der Waals surface area (Å²) in [5, 5.41) is 5.99. The Labute approximate surface area is 115 Å². The molecule has 0 aromatic carbocycles. The van der Waals surface area contributed by atoms with E-state index >= 15 is 0 Å². The third kappa shape index (κ3) is 3.94.